The molecule has 0 bridgehead atoms. The Morgan fingerprint density at radius 2 is 1.79 bits per heavy atom. The van der Waals surface area contributed by atoms with Crippen LogP contribution >= 0.6 is 11.6 Å². The van der Waals surface area contributed by atoms with Crippen LogP contribution in [-0.2, 0) is 24.3 Å². The number of anilines is 2. The van der Waals surface area contributed by atoms with Crippen LogP contribution in [0.5, 0.6) is 0 Å². The molecule has 2 aromatic rings. The summed E-state index contributed by atoms with van der Waals surface area (Å²) in [7, 11) is -4.09. The molecule has 0 fully saturated rings. The molecule has 0 radical (unpaired) electrons. The van der Waals surface area contributed by atoms with E-state index in [2.05, 4.69) is 5.32 Å². The summed E-state index contributed by atoms with van der Waals surface area (Å²) in [6.07, 6.45) is 0. The van der Waals surface area contributed by atoms with Gasteiger partial charge in [-0.2, -0.15) is 0 Å². The second-order valence-corrected chi connectivity index (χ2v) is 8.18. The van der Waals surface area contributed by atoms with E-state index < -0.39 is 22.5 Å². The van der Waals surface area contributed by atoms with E-state index in [9.17, 15) is 18.0 Å². The molecule has 0 aliphatic rings. The highest BCUT2D eigenvalue weighted by Gasteiger charge is 2.29. The number of hydrogen-bond acceptors (Lipinski definition) is 5. The number of halogens is 1. The SMILES string of the molecule is CCOC(=O)CN(c1cccc(Cl)c1C)S(=O)(=O)c1ccc(NC(C)=O)cc1. The summed E-state index contributed by atoms with van der Waals surface area (Å²) in [5.41, 5.74) is 1.26. The predicted molar refractivity (Wildman–Crippen MR) is 108 cm³/mol. The summed E-state index contributed by atoms with van der Waals surface area (Å²) >= 11 is 6.14. The van der Waals surface area contributed by atoms with Crippen LogP contribution in [0.25, 0.3) is 0 Å². The lowest BCUT2D eigenvalue weighted by atomic mass is 10.2. The van der Waals surface area contributed by atoms with Crippen LogP contribution in [-0.4, -0.2) is 33.4 Å². The van der Waals surface area contributed by atoms with Crippen LogP contribution in [0, 0.1) is 6.92 Å². The third-order valence-corrected chi connectivity index (χ3v) is 6.03. The number of ether oxygens (including phenoxy) is 1. The van der Waals surface area contributed by atoms with E-state index in [1.165, 1.54) is 31.2 Å². The van der Waals surface area contributed by atoms with Crippen molar-refractivity contribution < 1.29 is 22.7 Å². The minimum Gasteiger partial charge on any atom is -0.465 e. The van der Waals surface area contributed by atoms with Crippen LogP contribution < -0.4 is 9.62 Å². The van der Waals surface area contributed by atoms with Crippen LogP contribution in [0.4, 0.5) is 11.4 Å². The van der Waals surface area contributed by atoms with Gasteiger partial charge < -0.3 is 10.1 Å². The molecule has 150 valence electrons. The van der Waals surface area contributed by atoms with Gasteiger partial charge in [-0.3, -0.25) is 13.9 Å². The van der Waals surface area contributed by atoms with Crippen molar-refractivity contribution in [2.45, 2.75) is 25.7 Å². The van der Waals surface area contributed by atoms with Gasteiger partial charge in [-0.15, -0.1) is 0 Å². The van der Waals surface area contributed by atoms with Gasteiger partial charge in [-0.05, 0) is 55.8 Å². The number of carbonyl (C=O) groups is 2. The Kier molecular flexibility index (Phi) is 7.04. The van der Waals surface area contributed by atoms with Crippen LogP contribution in [0.15, 0.2) is 47.4 Å². The van der Waals surface area contributed by atoms with Gasteiger partial charge in [0.25, 0.3) is 10.0 Å². The molecule has 0 unspecified atom stereocenters. The van der Waals surface area contributed by atoms with E-state index >= 15 is 0 Å². The molecular weight excluding hydrogens is 404 g/mol. The molecule has 7 nitrogen and oxygen atoms in total. The molecule has 0 aromatic heterocycles. The van der Waals surface area contributed by atoms with Gasteiger partial charge in [0.1, 0.15) is 6.54 Å². The minimum atomic E-state index is -4.09. The molecule has 0 saturated heterocycles. The summed E-state index contributed by atoms with van der Waals surface area (Å²) in [5, 5.41) is 2.95. The van der Waals surface area contributed by atoms with Gasteiger partial charge in [0.15, 0.2) is 0 Å². The Balaban J connectivity index is 2.50. The molecule has 2 rings (SSSR count). The van der Waals surface area contributed by atoms with Gasteiger partial charge in [-0.25, -0.2) is 8.42 Å². The maximum atomic E-state index is 13.3. The van der Waals surface area contributed by atoms with Crippen molar-refractivity contribution in [2.24, 2.45) is 0 Å². The number of amides is 1. The van der Waals surface area contributed by atoms with Crippen molar-refractivity contribution in [3.8, 4) is 0 Å². The number of nitrogens with one attached hydrogen (secondary N) is 1. The smallest absolute Gasteiger partial charge is 0.326 e. The number of esters is 1. The molecule has 28 heavy (non-hydrogen) atoms. The molecule has 1 N–H and O–H groups in total. The lowest BCUT2D eigenvalue weighted by Crippen LogP contribution is -2.37. The Bertz CT molecular complexity index is 974. The van der Waals surface area contributed by atoms with Crippen molar-refractivity contribution in [2.75, 3.05) is 22.8 Å². The summed E-state index contributed by atoms with van der Waals surface area (Å²) < 4.78 is 32.4. The van der Waals surface area contributed by atoms with Crippen LogP contribution in [0.1, 0.15) is 19.4 Å². The Morgan fingerprint density at radius 3 is 2.36 bits per heavy atom. The third-order valence-electron chi connectivity index (χ3n) is 3.85. The van der Waals surface area contributed by atoms with E-state index in [0.717, 1.165) is 4.31 Å². The van der Waals surface area contributed by atoms with Gasteiger partial charge in [0.05, 0.1) is 17.2 Å². The predicted octanol–water partition coefficient (Wildman–Crippen LogP) is 3.37. The molecule has 0 aliphatic carbocycles. The molecule has 0 heterocycles. The fourth-order valence-electron chi connectivity index (χ4n) is 2.53. The molecule has 0 aliphatic heterocycles. The number of sulfonamides is 1. The van der Waals surface area contributed by atoms with Crippen molar-refractivity contribution in [3.05, 3.63) is 53.1 Å². The molecule has 2 aromatic carbocycles. The summed E-state index contributed by atoms with van der Waals surface area (Å²) in [4.78, 5) is 23.2. The van der Waals surface area contributed by atoms with Crippen LogP contribution in [0.2, 0.25) is 5.02 Å². The van der Waals surface area contributed by atoms with Gasteiger partial charge >= 0.3 is 5.97 Å². The normalized spacial score (nSPS) is 11.0. The van der Waals surface area contributed by atoms with E-state index in [1.54, 1.807) is 32.0 Å². The zero-order valence-electron chi connectivity index (χ0n) is 15.7. The van der Waals surface area contributed by atoms with E-state index in [1.807, 2.05) is 0 Å². The van der Waals surface area contributed by atoms with Gasteiger partial charge in [0, 0.05) is 17.6 Å². The topological polar surface area (TPSA) is 92.8 Å². The zero-order chi connectivity index (χ0) is 20.9. The highest BCUT2D eigenvalue weighted by atomic mass is 35.5. The molecule has 0 atom stereocenters. The molecule has 0 saturated carbocycles. The van der Waals surface area contributed by atoms with E-state index in [-0.39, 0.29) is 23.1 Å². The second-order valence-electron chi connectivity index (χ2n) is 5.91. The van der Waals surface area contributed by atoms with Crippen molar-refractivity contribution >= 4 is 44.9 Å². The fourth-order valence-corrected chi connectivity index (χ4v) is 4.17. The molecule has 0 spiro atoms. The first-order valence-corrected chi connectivity index (χ1v) is 10.3. The monoisotopic (exact) mass is 424 g/mol. The highest BCUT2D eigenvalue weighted by Crippen LogP contribution is 2.31. The lowest BCUT2D eigenvalue weighted by molar-refractivity contribution is -0.141. The second kappa shape index (κ2) is 9.07. The number of nitrogens with zero attached hydrogens (tertiary/aromatic N) is 1. The van der Waals surface area contributed by atoms with Gasteiger partial charge in [0.2, 0.25) is 5.91 Å². The average Bonchev–Trinajstić information content (AvgIpc) is 2.62. The number of carbonyl (C=O) groups excluding carboxylic acids is 2. The first-order chi connectivity index (χ1) is 13.2. The quantitative estimate of drug-likeness (QED) is 0.688. The zero-order valence-corrected chi connectivity index (χ0v) is 17.3. The highest BCUT2D eigenvalue weighted by molar-refractivity contribution is 7.92. The average molecular weight is 425 g/mol. The fraction of sp³-hybridized carbons (Fsp3) is 0.263. The maximum absolute atomic E-state index is 13.3. The number of rotatable bonds is 7. The Labute approximate surface area is 169 Å². The Hall–Kier alpha value is -2.58. The van der Waals surface area contributed by atoms with E-state index in [4.69, 9.17) is 16.3 Å². The lowest BCUT2D eigenvalue weighted by Gasteiger charge is -2.25. The van der Waals surface area contributed by atoms with E-state index in [0.29, 0.717) is 16.3 Å². The summed E-state index contributed by atoms with van der Waals surface area (Å²) in [6.45, 7) is 4.30. The van der Waals surface area contributed by atoms with Crippen molar-refractivity contribution in [1.82, 2.24) is 0 Å². The number of hydrogen-bond donors (Lipinski definition) is 1. The van der Waals surface area contributed by atoms with Crippen molar-refractivity contribution in [3.63, 3.8) is 0 Å². The van der Waals surface area contributed by atoms with Gasteiger partial charge in [-0.1, -0.05) is 17.7 Å². The molecular formula is C19H21ClN2O5S. The van der Waals surface area contributed by atoms with Crippen molar-refractivity contribution in [1.29, 1.82) is 0 Å². The summed E-state index contributed by atoms with van der Waals surface area (Å²) in [5.74, 6) is -0.950. The molecule has 9 heteroatoms. The first-order valence-electron chi connectivity index (χ1n) is 8.48. The maximum Gasteiger partial charge on any atom is 0.326 e. The van der Waals surface area contributed by atoms with Crippen LogP contribution in [0.3, 0.4) is 0 Å². The first kappa shape index (κ1) is 21.7. The Morgan fingerprint density at radius 1 is 1.14 bits per heavy atom. The standard InChI is InChI=1S/C19H21ClN2O5S/c1-4-27-19(24)12-22(18-7-5-6-17(20)13(18)2)28(25,26)16-10-8-15(9-11-16)21-14(3)23/h5-11H,4,12H2,1-3H3,(H,21,23). The summed E-state index contributed by atoms with van der Waals surface area (Å²) in [6, 6.07) is 10.5. The number of benzene rings is 2. The molecule has 1 amide bonds. The minimum absolute atomic E-state index is 0.0368. The third kappa shape index (κ3) is 5.02. The largest absolute Gasteiger partial charge is 0.465 e.